The lowest BCUT2D eigenvalue weighted by molar-refractivity contribution is 0.140. The van der Waals surface area contributed by atoms with E-state index >= 15 is 0 Å². The van der Waals surface area contributed by atoms with Crippen LogP contribution in [0.4, 0.5) is 0 Å². The Kier molecular flexibility index (Phi) is 3.31. The molecule has 1 unspecified atom stereocenters. The quantitative estimate of drug-likeness (QED) is 0.922. The molecule has 1 aromatic heterocycles. The van der Waals surface area contributed by atoms with Gasteiger partial charge in [-0.15, -0.1) is 0 Å². The normalized spacial score (nSPS) is 17.1. The number of ether oxygens (including phenoxy) is 2. The highest BCUT2D eigenvalue weighted by Gasteiger charge is 2.22. The van der Waals surface area contributed by atoms with Crippen LogP contribution in [0.25, 0.3) is 0 Å². The number of aromatic nitrogens is 3. The largest absolute Gasteiger partial charge is 0.490 e. The lowest BCUT2D eigenvalue weighted by Crippen LogP contribution is -2.10. The molecule has 0 fully saturated rings. The average Bonchev–Trinajstić information content (AvgIpc) is 3.03. The molecular weight excluding hydrogens is 258 g/mol. The smallest absolute Gasteiger partial charge is 0.165 e. The van der Waals surface area contributed by atoms with Gasteiger partial charge in [-0.25, -0.2) is 9.67 Å². The van der Waals surface area contributed by atoms with E-state index in [0.717, 1.165) is 11.4 Å². The number of rotatable bonds is 4. The second-order valence-corrected chi connectivity index (χ2v) is 5.03. The van der Waals surface area contributed by atoms with E-state index in [1.165, 1.54) is 6.33 Å². The summed E-state index contributed by atoms with van der Waals surface area (Å²) in [5.41, 5.74) is 0.808. The van der Waals surface area contributed by atoms with E-state index in [1.807, 2.05) is 30.7 Å². The number of benzene rings is 1. The first kappa shape index (κ1) is 12.9. The van der Waals surface area contributed by atoms with Crippen LogP contribution in [0.3, 0.4) is 0 Å². The number of hydrogen-bond donors (Lipinski definition) is 1. The van der Waals surface area contributed by atoms with Crippen LogP contribution in [0, 0.1) is 0 Å². The molecule has 6 nitrogen and oxygen atoms in total. The molecule has 1 aromatic carbocycles. The van der Waals surface area contributed by atoms with Gasteiger partial charge in [0.25, 0.3) is 0 Å². The molecular formula is C14H17N3O3. The third kappa shape index (κ3) is 2.34. The van der Waals surface area contributed by atoms with Crippen LogP contribution in [0.5, 0.6) is 11.5 Å². The van der Waals surface area contributed by atoms with Gasteiger partial charge in [0.15, 0.2) is 5.82 Å². The molecule has 106 valence electrons. The van der Waals surface area contributed by atoms with Gasteiger partial charge in [-0.3, -0.25) is 0 Å². The zero-order chi connectivity index (χ0) is 14.1. The Morgan fingerprint density at radius 3 is 3.15 bits per heavy atom. The number of nitrogens with zero attached hydrogens (tertiary/aromatic N) is 3. The van der Waals surface area contributed by atoms with Crippen molar-refractivity contribution in [2.75, 3.05) is 6.61 Å². The number of fused-ring (bicyclic) bond motifs is 1. The fraction of sp³-hybridized carbons (Fsp3) is 0.429. The first-order valence-electron chi connectivity index (χ1n) is 6.61. The highest BCUT2D eigenvalue weighted by Crippen LogP contribution is 2.35. The minimum atomic E-state index is -0.539. The minimum Gasteiger partial charge on any atom is -0.490 e. The fourth-order valence-electron chi connectivity index (χ4n) is 2.22. The summed E-state index contributed by atoms with van der Waals surface area (Å²) in [4.78, 5) is 4.19. The standard InChI is InChI=1S/C14H17N3O3/c1-9(2)17-14(15-8-16-17)7-19-10-3-4-11-12(18)6-20-13(11)5-10/h3-5,8-9,12,18H,6-7H2,1-2H3. The molecule has 0 radical (unpaired) electrons. The highest BCUT2D eigenvalue weighted by atomic mass is 16.5. The molecule has 0 spiro atoms. The maximum Gasteiger partial charge on any atom is 0.165 e. The van der Waals surface area contributed by atoms with Gasteiger partial charge in [0.05, 0.1) is 0 Å². The summed E-state index contributed by atoms with van der Waals surface area (Å²) in [6, 6.07) is 5.69. The lowest BCUT2D eigenvalue weighted by atomic mass is 10.1. The van der Waals surface area contributed by atoms with Crippen molar-refractivity contribution in [3.8, 4) is 11.5 Å². The third-order valence-electron chi connectivity index (χ3n) is 3.25. The van der Waals surface area contributed by atoms with Gasteiger partial charge >= 0.3 is 0 Å². The van der Waals surface area contributed by atoms with Gasteiger partial charge in [-0.1, -0.05) is 0 Å². The van der Waals surface area contributed by atoms with Gasteiger partial charge in [-0.05, 0) is 26.0 Å². The maximum atomic E-state index is 9.66. The molecule has 0 saturated heterocycles. The molecule has 1 aliphatic heterocycles. The van der Waals surface area contributed by atoms with E-state index in [0.29, 0.717) is 24.7 Å². The fourth-order valence-corrected chi connectivity index (χ4v) is 2.22. The SMILES string of the molecule is CC(C)n1ncnc1COc1ccc2c(c1)OCC2O. The van der Waals surface area contributed by atoms with Gasteiger partial charge in [0, 0.05) is 17.7 Å². The highest BCUT2D eigenvalue weighted by molar-refractivity contribution is 5.44. The van der Waals surface area contributed by atoms with E-state index < -0.39 is 6.10 Å². The van der Waals surface area contributed by atoms with Gasteiger partial charge < -0.3 is 14.6 Å². The molecule has 3 rings (SSSR count). The summed E-state index contributed by atoms with van der Waals surface area (Å²) in [5.74, 6) is 2.15. The van der Waals surface area contributed by atoms with Crippen molar-refractivity contribution in [2.24, 2.45) is 0 Å². The zero-order valence-electron chi connectivity index (χ0n) is 11.5. The maximum absolute atomic E-state index is 9.66. The molecule has 0 bridgehead atoms. The summed E-state index contributed by atoms with van der Waals surface area (Å²) in [6.45, 7) is 4.74. The van der Waals surface area contributed by atoms with Crippen LogP contribution < -0.4 is 9.47 Å². The van der Waals surface area contributed by atoms with Crippen molar-refractivity contribution in [3.63, 3.8) is 0 Å². The van der Waals surface area contributed by atoms with E-state index in [9.17, 15) is 5.11 Å². The van der Waals surface area contributed by atoms with Crippen LogP contribution in [0.15, 0.2) is 24.5 Å². The Morgan fingerprint density at radius 1 is 1.50 bits per heavy atom. The van der Waals surface area contributed by atoms with Gasteiger partial charge in [0.1, 0.15) is 37.1 Å². The van der Waals surface area contributed by atoms with Crippen LogP contribution in [-0.4, -0.2) is 26.5 Å². The molecule has 0 aliphatic carbocycles. The van der Waals surface area contributed by atoms with Crippen LogP contribution in [0.2, 0.25) is 0 Å². The van der Waals surface area contributed by atoms with Crippen molar-refractivity contribution in [1.29, 1.82) is 0 Å². The molecule has 20 heavy (non-hydrogen) atoms. The second-order valence-electron chi connectivity index (χ2n) is 5.03. The Bertz CT molecular complexity index is 609. The predicted octanol–water partition coefficient (Wildman–Crippen LogP) is 1.86. The third-order valence-corrected chi connectivity index (χ3v) is 3.25. The summed E-state index contributed by atoms with van der Waals surface area (Å²) in [5, 5.41) is 13.8. The molecule has 1 atom stereocenters. The van der Waals surface area contributed by atoms with Crippen molar-refractivity contribution < 1.29 is 14.6 Å². The Balaban J connectivity index is 1.71. The first-order valence-corrected chi connectivity index (χ1v) is 6.61. The minimum absolute atomic E-state index is 0.245. The van der Waals surface area contributed by atoms with Gasteiger partial charge in [0.2, 0.25) is 0 Å². The van der Waals surface area contributed by atoms with Crippen molar-refractivity contribution in [2.45, 2.75) is 32.6 Å². The van der Waals surface area contributed by atoms with Crippen molar-refractivity contribution >= 4 is 0 Å². The average molecular weight is 275 g/mol. The predicted molar refractivity (Wildman–Crippen MR) is 71.6 cm³/mol. The molecule has 1 aliphatic rings. The monoisotopic (exact) mass is 275 g/mol. The summed E-state index contributed by atoms with van der Waals surface area (Å²) < 4.78 is 12.9. The topological polar surface area (TPSA) is 69.4 Å². The van der Waals surface area contributed by atoms with E-state index in [4.69, 9.17) is 9.47 Å². The number of hydrogen-bond acceptors (Lipinski definition) is 5. The number of aliphatic hydroxyl groups is 1. The molecule has 2 aromatic rings. The van der Waals surface area contributed by atoms with E-state index in [2.05, 4.69) is 10.1 Å². The molecule has 0 amide bonds. The van der Waals surface area contributed by atoms with Crippen LogP contribution >= 0.6 is 0 Å². The molecule has 2 heterocycles. The Morgan fingerprint density at radius 2 is 2.35 bits per heavy atom. The van der Waals surface area contributed by atoms with Crippen molar-refractivity contribution in [1.82, 2.24) is 14.8 Å². The summed E-state index contributed by atoms with van der Waals surface area (Å²) in [6.07, 6.45) is 0.990. The molecule has 0 saturated carbocycles. The summed E-state index contributed by atoms with van der Waals surface area (Å²) >= 11 is 0. The van der Waals surface area contributed by atoms with Crippen LogP contribution in [-0.2, 0) is 6.61 Å². The van der Waals surface area contributed by atoms with Gasteiger partial charge in [-0.2, -0.15) is 5.10 Å². The van der Waals surface area contributed by atoms with Crippen molar-refractivity contribution in [3.05, 3.63) is 35.9 Å². The van der Waals surface area contributed by atoms with E-state index in [1.54, 1.807) is 6.07 Å². The first-order chi connectivity index (χ1) is 9.65. The Hall–Kier alpha value is -2.08. The zero-order valence-corrected chi connectivity index (χ0v) is 11.5. The molecule has 6 heteroatoms. The molecule has 1 N–H and O–H groups in total. The van der Waals surface area contributed by atoms with E-state index in [-0.39, 0.29) is 6.04 Å². The number of aliphatic hydroxyl groups excluding tert-OH is 1. The van der Waals surface area contributed by atoms with Crippen LogP contribution in [0.1, 0.15) is 37.4 Å². The summed E-state index contributed by atoms with van der Waals surface area (Å²) in [7, 11) is 0. The lowest BCUT2D eigenvalue weighted by Gasteiger charge is -2.11. The second kappa shape index (κ2) is 5.13. The Labute approximate surface area is 117 Å².